The number of para-hydroxylation sites is 1. The Balaban J connectivity index is 1.55. The number of carbonyl (C=O) groups excluding carboxylic acids is 1. The van der Waals surface area contributed by atoms with Gasteiger partial charge in [0.15, 0.2) is 5.16 Å². The molecule has 1 N–H and O–H groups in total. The molecule has 0 saturated carbocycles. The maximum atomic E-state index is 13.8. The van der Waals surface area contributed by atoms with Crippen LogP contribution in [-0.2, 0) is 4.79 Å². The smallest absolute Gasteiger partial charge is 0.268 e. The molecule has 0 aliphatic carbocycles. The summed E-state index contributed by atoms with van der Waals surface area (Å²) in [7, 11) is 0. The van der Waals surface area contributed by atoms with Gasteiger partial charge in [-0.05, 0) is 43.3 Å². The highest BCUT2D eigenvalue weighted by Gasteiger charge is 2.24. The maximum absolute atomic E-state index is 13.8. The first-order chi connectivity index (χ1) is 17.3. The summed E-state index contributed by atoms with van der Waals surface area (Å²) in [6.45, 7) is 1.71. The number of thiophene rings is 1. The van der Waals surface area contributed by atoms with E-state index in [0.29, 0.717) is 37.4 Å². The average Bonchev–Trinajstić information content (AvgIpc) is 3.52. The van der Waals surface area contributed by atoms with Crippen LogP contribution in [-0.4, -0.2) is 20.7 Å². The zero-order chi connectivity index (χ0) is 25.4. The second kappa shape index (κ2) is 10.3. The molecule has 0 aliphatic heterocycles. The first-order valence-corrected chi connectivity index (χ1v) is 13.5. The molecule has 1 amide bonds. The predicted molar refractivity (Wildman–Crippen MR) is 148 cm³/mol. The van der Waals surface area contributed by atoms with Crippen molar-refractivity contribution in [2.45, 2.75) is 17.3 Å². The van der Waals surface area contributed by atoms with Gasteiger partial charge in [0.2, 0.25) is 5.91 Å². The van der Waals surface area contributed by atoms with Crippen LogP contribution in [0.4, 0.5) is 5.69 Å². The topological polar surface area (TPSA) is 77.1 Å². The minimum atomic E-state index is -0.642. The molecule has 3 heterocycles. The van der Waals surface area contributed by atoms with Gasteiger partial charge in [-0.3, -0.25) is 14.2 Å². The lowest BCUT2D eigenvalue weighted by atomic mass is 10.2. The lowest BCUT2D eigenvalue weighted by Gasteiger charge is -2.17. The number of furan rings is 1. The Morgan fingerprint density at radius 3 is 2.50 bits per heavy atom. The molecule has 182 valence electrons. The fraction of sp³-hybridized carbons (Fsp3) is 0.0800. The van der Waals surface area contributed by atoms with E-state index in [1.54, 1.807) is 25.3 Å². The number of thioether (sulfide) groups is 1. The van der Waals surface area contributed by atoms with Gasteiger partial charge in [0.1, 0.15) is 10.6 Å². The highest BCUT2D eigenvalue weighted by Crippen LogP contribution is 2.36. The van der Waals surface area contributed by atoms with Crippen molar-refractivity contribution >= 4 is 79.7 Å². The summed E-state index contributed by atoms with van der Waals surface area (Å²) in [5.74, 6) is 0.229. The minimum Gasteiger partial charge on any atom is -0.464 e. The number of rotatable bonds is 6. The summed E-state index contributed by atoms with van der Waals surface area (Å²) in [4.78, 5) is 32.2. The largest absolute Gasteiger partial charge is 0.464 e. The summed E-state index contributed by atoms with van der Waals surface area (Å²) in [5, 5.41) is 5.61. The molecule has 0 fully saturated rings. The lowest BCUT2D eigenvalue weighted by Crippen LogP contribution is -2.26. The Hall–Kier alpha value is -2.75. The molecular formula is C25H16Cl3N3O3S2. The molecule has 0 aliphatic rings. The Morgan fingerprint density at radius 2 is 1.83 bits per heavy atom. The van der Waals surface area contributed by atoms with Crippen molar-refractivity contribution < 1.29 is 9.21 Å². The molecule has 1 atom stereocenters. The van der Waals surface area contributed by atoms with E-state index in [1.165, 1.54) is 28.0 Å². The van der Waals surface area contributed by atoms with Crippen molar-refractivity contribution in [3.63, 3.8) is 0 Å². The van der Waals surface area contributed by atoms with E-state index in [-0.39, 0.29) is 27.2 Å². The first kappa shape index (κ1) is 24.9. The number of halogens is 3. The van der Waals surface area contributed by atoms with E-state index in [2.05, 4.69) is 5.32 Å². The van der Waals surface area contributed by atoms with Crippen LogP contribution >= 0.6 is 57.9 Å². The number of hydrogen-bond donors (Lipinski definition) is 1. The van der Waals surface area contributed by atoms with Crippen LogP contribution < -0.4 is 10.9 Å². The second-order valence-corrected chi connectivity index (χ2v) is 11.1. The summed E-state index contributed by atoms with van der Waals surface area (Å²) < 4.78 is 7.05. The quantitative estimate of drug-likeness (QED) is 0.165. The zero-order valence-corrected chi connectivity index (χ0v) is 22.4. The van der Waals surface area contributed by atoms with Crippen LogP contribution in [0.15, 0.2) is 80.6 Å². The number of fused-ring (bicyclic) bond motifs is 1. The molecule has 0 saturated heterocycles. The molecule has 11 heteroatoms. The van der Waals surface area contributed by atoms with Gasteiger partial charge in [-0.2, -0.15) is 0 Å². The number of benzene rings is 2. The van der Waals surface area contributed by atoms with Crippen LogP contribution in [0.3, 0.4) is 0 Å². The van der Waals surface area contributed by atoms with E-state index in [9.17, 15) is 9.59 Å². The molecule has 5 aromatic rings. The molecule has 0 radical (unpaired) electrons. The summed E-state index contributed by atoms with van der Waals surface area (Å²) >= 11 is 20.9. The van der Waals surface area contributed by atoms with Crippen LogP contribution in [0.5, 0.6) is 0 Å². The fourth-order valence-electron chi connectivity index (χ4n) is 3.57. The Bertz CT molecular complexity index is 1610. The van der Waals surface area contributed by atoms with E-state index in [4.69, 9.17) is 44.2 Å². The first-order valence-electron chi connectivity index (χ1n) is 10.6. The van der Waals surface area contributed by atoms with Gasteiger partial charge < -0.3 is 9.73 Å². The van der Waals surface area contributed by atoms with Crippen molar-refractivity contribution in [2.75, 3.05) is 5.32 Å². The van der Waals surface area contributed by atoms with Crippen LogP contribution in [0.25, 0.3) is 27.2 Å². The predicted octanol–water partition coefficient (Wildman–Crippen LogP) is 7.79. The molecule has 36 heavy (non-hydrogen) atoms. The minimum absolute atomic E-state index is 0.225. The van der Waals surface area contributed by atoms with E-state index in [0.717, 1.165) is 11.8 Å². The molecule has 3 aromatic heterocycles. The van der Waals surface area contributed by atoms with Gasteiger partial charge in [-0.25, -0.2) is 4.98 Å². The van der Waals surface area contributed by atoms with Crippen LogP contribution in [0.1, 0.15) is 6.92 Å². The van der Waals surface area contributed by atoms with Crippen molar-refractivity contribution in [2.24, 2.45) is 0 Å². The molecule has 2 aromatic carbocycles. The third-order valence-corrected chi connectivity index (χ3v) is 8.02. The number of hydrogen-bond acceptors (Lipinski definition) is 6. The van der Waals surface area contributed by atoms with Gasteiger partial charge in [-0.1, -0.05) is 64.8 Å². The van der Waals surface area contributed by atoms with Crippen LogP contribution in [0.2, 0.25) is 15.1 Å². The molecule has 0 bridgehead atoms. The van der Waals surface area contributed by atoms with Crippen molar-refractivity contribution in [1.82, 2.24) is 9.55 Å². The molecule has 6 nitrogen and oxygen atoms in total. The summed E-state index contributed by atoms with van der Waals surface area (Å²) in [6.07, 6.45) is 1.56. The third-order valence-electron chi connectivity index (χ3n) is 5.28. The van der Waals surface area contributed by atoms with E-state index >= 15 is 0 Å². The van der Waals surface area contributed by atoms with Gasteiger partial charge in [0, 0.05) is 16.0 Å². The highest BCUT2D eigenvalue weighted by atomic mass is 35.5. The SMILES string of the molecule is CC(Sc1nc2scc(-c3ccco3)c2c(=O)n1-c1ccccc1)C(=O)Nc1c(Cl)cc(Cl)cc1Cl. The second-order valence-electron chi connectivity index (χ2n) is 7.67. The number of nitrogens with one attached hydrogen (secondary N) is 1. The fourth-order valence-corrected chi connectivity index (χ4v) is 6.37. The summed E-state index contributed by atoms with van der Waals surface area (Å²) in [6, 6.07) is 15.7. The third kappa shape index (κ3) is 4.79. The van der Waals surface area contributed by atoms with Crippen LogP contribution in [0, 0.1) is 0 Å². The molecule has 0 spiro atoms. The molecule has 5 rings (SSSR count). The lowest BCUT2D eigenvalue weighted by molar-refractivity contribution is -0.115. The summed E-state index contributed by atoms with van der Waals surface area (Å²) in [5.41, 5.74) is 1.33. The standard InChI is InChI=1S/C25H16Cl3N3O3S2/c1-13(22(32)29-21-17(27)10-14(26)11-18(21)28)36-25-30-23-20(16(12-35-23)19-8-5-9-34-19)24(33)31(25)15-6-3-2-4-7-15/h2-13H,1H3,(H,29,32). The normalized spacial score (nSPS) is 12.1. The van der Waals surface area contributed by atoms with Gasteiger partial charge in [0.25, 0.3) is 5.56 Å². The van der Waals surface area contributed by atoms with Crippen molar-refractivity contribution in [3.05, 3.63) is 91.7 Å². The number of aromatic nitrogens is 2. The Kier molecular flexibility index (Phi) is 7.14. The molecule has 1 unspecified atom stereocenters. The number of amides is 1. The Labute approximate surface area is 228 Å². The van der Waals surface area contributed by atoms with Crippen molar-refractivity contribution in [3.8, 4) is 17.0 Å². The van der Waals surface area contributed by atoms with E-state index < -0.39 is 5.25 Å². The average molecular weight is 577 g/mol. The maximum Gasteiger partial charge on any atom is 0.268 e. The molecular weight excluding hydrogens is 561 g/mol. The highest BCUT2D eigenvalue weighted by molar-refractivity contribution is 8.00. The Morgan fingerprint density at radius 1 is 1.11 bits per heavy atom. The zero-order valence-electron chi connectivity index (χ0n) is 18.5. The number of carbonyl (C=O) groups is 1. The van der Waals surface area contributed by atoms with Crippen molar-refractivity contribution in [1.29, 1.82) is 0 Å². The van der Waals surface area contributed by atoms with Gasteiger partial charge in [-0.15, -0.1) is 11.3 Å². The number of anilines is 1. The van der Waals surface area contributed by atoms with E-state index in [1.807, 2.05) is 35.7 Å². The van der Waals surface area contributed by atoms with Gasteiger partial charge >= 0.3 is 0 Å². The van der Waals surface area contributed by atoms with Gasteiger partial charge in [0.05, 0.1) is 38.3 Å². The number of nitrogens with zero attached hydrogens (tertiary/aromatic N) is 2. The monoisotopic (exact) mass is 575 g/mol.